The van der Waals surface area contributed by atoms with E-state index in [1.807, 2.05) is 0 Å². The Morgan fingerprint density at radius 3 is 1.57 bits per heavy atom. The molecule has 0 radical (unpaired) electrons. The zero-order valence-electron chi connectivity index (χ0n) is 4.38. The summed E-state index contributed by atoms with van der Waals surface area (Å²) in [6.07, 6.45) is 0. The topological polar surface area (TPSA) is 44.5 Å². The standard InChI is InChI=1S/C2H9NO2Si.ClH/c1-4-6(3)5-2;/h6H,3H2,1-2H3;1H. The minimum Gasteiger partial charge on any atom is -0.389 e. The van der Waals surface area contributed by atoms with Crippen LogP contribution in [0.2, 0.25) is 0 Å². The first-order chi connectivity index (χ1) is 2.81. The SMILES string of the molecule is CO[SiH](N)OC.Cl. The lowest BCUT2D eigenvalue weighted by atomic mass is 11.8. The highest BCUT2D eigenvalue weighted by atomic mass is 35.5. The van der Waals surface area contributed by atoms with E-state index in [4.69, 9.17) is 5.40 Å². The molecule has 0 aliphatic carbocycles. The summed E-state index contributed by atoms with van der Waals surface area (Å²) in [5, 5.41) is 5.17. The van der Waals surface area contributed by atoms with E-state index in [0.29, 0.717) is 0 Å². The summed E-state index contributed by atoms with van der Waals surface area (Å²) in [7, 11) is 1.42. The largest absolute Gasteiger partial charge is 0.405 e. The summed E-state index contributed by atoms with van der Waals surface area (Å²) in [6.45, 7) is 0. The molecule has 0 fully saturated rings. The van der Waals surface area contributed by atoms with Gasteiger partial charge in [0.15, 0.2) is 0 Å². The molecule has 0 heterocycles. The van der Waals surface area contributed by atoms with Crippen molar-refractivity contribution in [3.05, 3.63) is 0 Å². The van der Waals surface area contributed by atoms with Gasteiger partial charge in [-0.2, -0.15) is 0 Å². The van der Waals surface area contributed by atoms with Gasteiger partial charge in [-0.1, -0.05) is 0 Å². The van der Waals surface area contributed by atoms with E-state index in [1.54, 1.807) is 14.2 Å². The van der Waals surface area contributed by atoms with Gasteiger partial charge in [0.2, 0.25) is 0 Å². The molecule has 0 aliphatic heterocycles. The third kappa shape index (κ3) is 6.39. The van der Waals surface area contributed by atoms with Gasteiger partial charge in [-0.25, -0.2) is 0 Å². The highest BCUT2D eigenvalue weighted by Gasteiger charge is 1.95. The second kappa shape index (κ2) is 6.39. The zero-order valence-corrected chi connectivity index (χ0v) is 6.35. The van der Waals surface area contributed by atoms with E-state index in [1.165, 1.54) is 0 Å². The molecular weight excluding hydrogens is 134 g/mol. The fourth-order valence-electron chi connectivity index (χ4n) is 0.0962. The average Bonchev–Trinajstić information content (AvgIpc) is 1.65. The predicted octanol–water partition coefficient (Wildman–Crippen LogP) is -0.623. The molecule has 0 amide bonds. The van der Waals surface area contributed by atoms with Gasteiger partial charge in [-0.05, 0) is 0 Å². The van der Waals surface area contributed by atoms with Gasteiger partial charge in [0, 0.05) is 14.2 Å². The first-order valence-electron chi connectivity index (χ1n) is 1.62. The molecule has 0 saturated carbocycles. The van der Waals surface area contributed by atoms with Crippen LogP contribution in [-0.2, 0) is 8.85 Å². The van der Waals surface area contributed by atoms with Gasteiger partial charge in [0.05, 0.1) is 0 Å². The molecule has 0 unspecified atom stereocenters. The molecule has 2 N–H and O–H groups in total. The van der Waals surface area contributed by atoms with Crippen molar-refractivity contribution in [3.63, 3.8) is 0 Å². The number of nitrogens with two attached hydrogens (primary N) is 1. The second-order valence-corrected chi connectivity index (χ2v) is 2.52. The number of halogens is 1. The van der Waals surface area contributed by atoms with Crippen molar-refractivity contribution in [3.8, 4) is 0 Å². The lowest BCUT2D eigenvalue weighted by molar-refractivity contribution is 0.279. The average molecular weight is 144 g/mol. The maximum absolute atomic E-state index is 5.17. The van der Waals surface area contributed by atoms with Crippen molar-refractivity contribution in [1.82, 2.24) is 0 Å². The summed E-state index contributed by atoms with van der Waals surface area (Å²) in [5.74, 6) is 0. The molecule has 0 saturated heterocycles. The zero-order chi connectivity index (χ0) is 4.99. The molecule has 46 valence electrons. The van der Waals surface area contributed by atoms with Crippen LogP contribution in [0.25, 0.3) is 0 Å². The Balaban J connectivity index is 0. The summed E-state index contributed by atoms with van der Waals surface area (Å²) < 4.78 is 9.19. The Morgan fingerprint density at radius 1 is 1.29 bits per heavy atom. The number of hydrogen-bond donors (Lipinski definition) is 1. The summed E-state index contributed by atoms with van der Waals surface area (Å²) >= 11 is 0. The smallest absolute Gasteiger partial charge is 0.389 e. The van der Waals surface area contributed by atoms with Crippen LogP contribution in [0.5, 0.6) is 0 Å². The van der Waals surface area contributed by atoms with Crippen LogP contribution >= 0.6 is 12.4 Å². The van der Waals surface area contributed by atoms with Gasteiger partial charge < -0.3 is 14.3 Å². The molecule has 0 atom stereocenters. The third-order valence-electron chi connectivity index (χ3n) is 0.465. The molecule has 0 aliphatic rings. The first-order valence-corrected chi connectivity index (χ1v) is 3.23. The van der Waals surface area contributed by atoms with Crippen molar-refractivity contribution in [1.29, 1.82) is 0 Å². The Kier molecular flexibility index (Phi) is 9.47. The van der Waals surface area contributed by atoms with Crippen LogP contribution < -0.4 is 5.40 Å². The summed E-state index contributed by atoms with van der Waals surface area (Å²) in [4.78, 5) is 0. The minimum absolute atomic E-state index is 0. The Bertz CT molecular complexity index is 34.9. The van der Waals surface area contributed by atoms with Crippen LogP contribution in [0.3, 0.4) is 0 Å². The monoisotopic (exact) mass is 143 g/mol. The predicted molar refractivity (Wildman–Crippen MR) is 32.6 cm³/mol. The van der Waals surface area contributed by atoms with E-state index in [9.17, 15) is 0 Å². The van der Waals surface area contributed by atoms with Gasteiger partial charge in [-0.15, -0.1) is 12.4 Å². The van der Waals surface area contributed by atoms with E-state index in [-0.39, 0.29) is 12.4 Å². The van der Waals surface area contributed by atoms with Gasteiger partial charge in [0.1, 0.15) is 0 Å². The summed E-state index contributed by atoms with van der Waals surface area (Å²) in [6, 6.07) is 0. The number of hydrogen-bond acceptors (Lipinski definition) is 3. The van der Waals surface area contributed by atoms with Crippen LogP contribution in [0, 0.1) is 0 Å². The maximum Gasteiger partial charge on any atom is 0.405 e. The normalized spacial score (nSPS) is 8.57. The second-order valence-electron chi connectivity index (χ2n) is 0.840. The van der Waals surface area contributed by atoms with Crippen molar-refractivity contribution < 1.29 is 8.85 Å². The lowest BCUT2D eigenvalue weighted by Crippen LogP contribution is -2.30. The lowest BCUT2D eigenvalue weighted by Gasteiger charge is -1.99. The molecular formula is C2H10ClNO2Si. The quantitative estimate of drug-likeness (QED) is 0.524. The highest BCUT2D eigenvalue weighted by Crippen LogP contribution is 1.67. The van der Waals surface area contributed by atoms with E-state index in [0.717, 1.165) is 0 Å². The number of rotatable bonds is 2. The highest BCUT2D eigenvalue weighted by molar-refractivity contribution is 6.39. The minimum atomic E-state index is -1.66. The van der Waals surface area contributed by atoms with Crippen molar-refractivity contribution in [2.24, 2.45) is 5.40 Å². The Labute approximate surface area is 51.1 Å². The van der Waals surface area contributed by atoms with Crippen molar-refractivity contribution in [2.75, 3.05) is 14.2 Å². The van der Waals surface area contributed by atoms with Gasteiger partial charge in [-0.3, -0.25) is 0 Å². The van der Waals surface area contributed by atoms with Gasteiger partial charge in [0.25, 0.3) is 0 Å². The molecule has 0 aromatic rings. The van der Waals surface area contributed by atoms with Crippen LogP contribution in [0.1, 0.15) is 0 Å². The fourth-order valence-corrected chi connectivity index (χ4v) is 0.289. The van der Waals surface area contributed by atoms with Crippen LogP contribution in [-0.4, -0.2) is 23.7 Å². The molecule has 0 bridgehead atoms. The molecule has 0 aromatic heterocycles. The summed E-state index contributed by atoms with van der Waals surface area (Å²) in [5.41, 5.74) is 0. The fraction of sp³-hybridized carbons (Fsp3) is 1.00. The first kappa shape index (κ1) is 10.4. The molecule has 3 nitrogen and oxygen atoms in total. The van der Waals surface area contributed by atoms with E-state index in [2.05, 4.69) is 8.85 Å². The Hall–Kier alpha value is 0.387. The maximum atomic E-state index is 5.17. The molecule has 7 heavy (non-hydrogen) atoms. The Morgan fingerprint density at radius 2 is 1.57 bits per heavy atom. The molecule has 0 aromatic carbocycles. The van der Waals surface area contributed by atoms with E-state index >= 15 is 0 Å². The van der Waals surface area contributed by atoms with E-state index < -0.39 is 9.45 Å². The third-order valence-corrected chi connectivity index (χ3v) is 1.39. The van der Waals surface area contributed by atoms with Crippen LogP contribution in [0.4, 0.5) is 0 Å². The molecule has 5 heteroatoms. The van der Waals surface area contributed by atoms with Crippen molar-refractivity contribution >= 4 is 21.9 Å². The van der Waals surface area contributed by atoms with Crippen molar-refractivity contribution in [2.45, 2.75) is 0 Å². The van der Waals surface area contributed by atoms with Crippen LogP contribution in [0.15, 0.2) is 0 Å². The molecule has 0 rings (SSSR count). The van der Waals surface area contributed by atoms with Gasteiger partial charge >= 0.3 is 9.45 Å². The molecule has 0 spiro atoms.